The number of benzene rings is 1. The van der Waals surface area contributed by atoms with Crippen LogP contribution in [0.1, 0.15) is 17.2 Å². The summed E-state index contributed by atoms with van der Waals surface area (Å²) in [6.07, 6.45) is -1.17. The maximum Gasteiger partial charge on any atom is 0.335 e. The Balaban J connectivity index is 2.47. The Morgan fingerprint density at radius 1 is 1.57 bits per heavy atom. The van der Waals surface area contributed by atoms with Gasteiger partial charge in [0.2, 0.25) is 5.91 Å². The number of methoxy groups -OCH3 is 1. The Morgan fingerprint density at radius 2 is 2.29 bits per heavy atom. The molecule has 2 rings (SSSR count). The molecule has 1 amide bonds. The van der Waals surface area contributed by atoms with Crippen LogP contribution in [0.25, 0.3) is 0 Å². The van der Waals surface area contributed by atoms with Crippen molar-refractivity contribution in [3.8, 4) is 11.8 Å². The Kier molecular flexibility index (Phi) is 4.10. The summed E-state index contributed by atoms with van der Waals surface area (Å²) >= 11 is 0. The summed E-state index contributed by atoms with van der Waals surface area (Å²) in [5.41, 5.74) is 0.779. The molecule has 1 aliphatic heterocycles. The summed E-state index contributed by atoms with van der Waals surface area (Å²) in [5.74, 6) is -1.08. The lowest BCUT2D eigenvalue weighted by Crippen LogP contribution is -2.50. The first-order valence-corrected chi connectivity index (χ1v) is 6.17. The van der Waals surface area contributed by atoms with Crippen molar-refractivity contribution in [2.75, 3.05) is 20.8 Å². The van der Waals surface area contributed by atoms with Crippen molar-refractivity contribution in [2.24, 2.45) is 0 Å². The highest BCUT2D eigenvalue weighted by atomic mass is 16.5. The molecule has 0 radical (unpaired) electrons. The third-order valence-electron chi connectivity index (χ3n) is 3.41. The zero-order valence-corrected chi connectivity index (χ0v) is 11.6. The van der Waals surface area contributed by atoms with Crippen LogP contribution in [-0.4, -0.2) is 48.8 Å². The molecule has 1 fully saturated rings. The van der Waals surface area contributed by atoms with Crippen molar-refractivity contribution in [1.29, 1.82) is 5.26 Å². The van der Waals surface area contributed by atoms with Gasteiger partial charge in [0.1, 0.15) is 18.4 Å². The fraction of sp³-hybridized carbons (Fsp3) is 0.357. The lowest BCUT2D eigenvalue weighted by atomic mass is 9.96. The Morgan fingerprint density at radius 3 is 2.86 bits per heavy atom. The van der Waals surface area contributed by atoms with E-state index in [9.17, 15) is 14.7 Å². The van der Waals surface area contributed by atoms with E-state index in [1.54, 1.807) is 12.1 Å². The van der Waals surface area contributed by atoms with Gasteiger partial charge in [0.25, 0.3) is 0 Å². The van der Waals surface area contributed by atoms with Crippen LogP contribution >= 0.6 is 0 Å². The predicted octanol–water partition coefficient (Wildman–Crippen LogP) is 0.550. The number of nitriles is 1. The molecule has 7 heteroatoms. The topological polar surface area (TPSA) is 99.9 Å². The van der Waals surface area contributed by atoms with E-state index in [0.29, 0.717) is 11.3 Å². The number of amides is 1. The molecular formula is C14H14N2O5. The van der Waals surface area contributed by atoms with E-state index in [1.807, 2.05) is 6.07 Å². The van der Waals surface area contributed by atoms with Crippen molar-refractivity contribution in [3.05, 3.63) is 29.3 Å². The normalized spacial score (nSPS) is 21.8. The van der Waals surface area contributed by atoms with Crippen molar-refractivity contribution >= 4 is 11.9 Å². The summed E-state index contributed by atoms with van der Waals surface area (Å²) < 4.78 is 10.2. The Bertz CT molecular complexity index is 622. The molecule has 2 unspecified atom stereocenters. The van der Waals surface area contributed by atoms with Crippen molar-refractivity contribution in [2.45, 2.75) is 12.1 Å². The predicted molar refractivity (Wildman–Crippen MR) is 70.6 cm³/mol. The smallest absolute Gasteiger partial charge is 0.335 e. The number of morpholine rings is 1. The molecule has 1 aromatic rings. The summed E-state index contributed by atoms with van der Waals surface area (Å²) in [7, 11) is 2.96. The highest BCUT2D eigenvalue weighted by molar-refractivity contribution is 5.82. The van der Waals surface area contributed by atoms with Gasteiger partial charge >= 0.3 is 5.97 Å². The molecule has 0 aliphatic carbocycles. The van der Waals surface area contributed by atoms with Crippen LogP contribution in [0.15, 0.2) is 18.2 Å². The average Bonchev–Trinajstić information content (AvgIpc) is 2.48. The summed E-state index contributed by atoms with van der Waals surface area (Å²) in [4.78, 5) is 24.4. The maximum atomic E-state index is 11.7. The van der Waals surface area contributed by atoms with Crippen LogP contribution in [0.3, 0.4) is 0 Å². The molecule has 0 aromatic heterocycles. The second-order valence-corrected chi connectivity index (χ2v) is 4.59. The summed E-state index contributed by atoms with van der Waals surface area (Å²) in [6.45, 7) is -0.273. The first-order chi connectivity index (χ1) is 9.99. The second-order valence-electron chi connectivity index (χ2n) is 4.59. The number of hydrogen-bond acceptors (Lipinski definition) is 5. The zero-order valence-electron chi connectivity index (χ0n) is 11.6. The van der Waals surface area contributed by atoms with Gasteiger partial charge < -0.3 is 19.5 Å². The third-order valence-corrected chi connectivity index (χ3v) is 3.41. The minimum absolute atomic E-state index is 0.269. The van der Waals surface area contributed by atoms with Gasteiger partial charge in [-0.05, 0) is 17.7 Å². The SMILES string of the molecule is COc1ccc(C2C(C(=O)O)OCC(=O)N2C)cc1C#N. The minimum Gasteiger partial charge on any atom is -0.495 e. The molecule has 7 nitrogen and oxygen atoms in total. The second kappa shape index (κ2) is 5.81. The number of aliphatic carboxylic acids is 1. The molecule has 0 spiro atoms. The lowest BCUT2D eigenvalue weighted by Gasteiger charge is -2.37. The van der Waals surface area contributed by atoms with E-state index in [2.05, 4.69) is 0 Å². The quantitative estimate of drug-likeness (QED) is 0.872. The number of carboxylic acids is 1. The van der Waals surface area contributed by atoms with Crippen LogP contribution in [0.2, 0.25) is 0 Å². The van der Waals surface area contributed by atoms with E-state index < -0.39 is 18.1 Å². The van der Waals surface area contributed by atoms with Gasteiger partial charge in [-0.3, -0.25) is 4.79 Å². The molecule has 1 aliphatic rings. The number of rotatable bonds is 3. The van der Waals surface area contributed by atoms with Crippen LogP contribution in [0.5, 0.6) is 5.75 Å². The van der Waals surface area contributed by atoms with Crippen LogP contribution in [0, 0.1) is 11.3 Å². The largest absolute Gasteiger partial charge is 0.495 e. The van der Waals surface area contributed by atoms with Gasteiger partial charge in [0, 0.05) is 7.05 Å². The van der Waals surface area contributed by atoms with Crippen LogP contribution < -0.4 is 4.74 Å². The highest BCUT2D eigenvalue weighted by Gasteiger charge is 2.40. The molecule has 0 bridgehead atoms. The number of likely N-dealkylation sites (N-methyl/N-ethyl adjacent to an activating group) is 1. The maximum absolute atomic E-state index is 11.7. The van der Waals surface area contributed by atoms with Crippen LogP contribution in [-0.2, 0) is 14.3 Å². The Hall–Kier alpha value is -2.59. The van der Waals surface area contributed by atoms with Crippen molar-refractivity contribution in [1.82, 2.24) is 4.90 Å². The van der Waals surface area contributed by atoms with Gasteiger partial charge in [-0.25, -0.2) is 4.79 Å². The monoisotopic (exact) mass is 290 g/mol. The molecule has 1 N–H and O–H groups in total. The summed E-state index contributed by atoms with van der Waals surface area (Å²) in [5, 5.41) is 18.4. The highest BCUT2D eigenvalue weighted by Crippen LogP contribution is 2.31. The molecule has 21 heavy (non-hydrogen) atoms. The van der Waals surface area contributed by atoms with Crippen LogP contribution in [0.4, 0.5) is 0 Å². The number of carbonyl (C=O) groups excluding carboxylic acids is 1. The number of carboxylic acid groups (broad SMARTS) is 1. The Labute approximate surface area is 121 Å². The van der Waals surface area contributed by atoms with Crippen molar-refractivity contribution < 1.29 is 24.2 Å². The zero-order chi connectivity index (χ0) is 15.6. The molecular weight excluding hydrogens is 276 g/mol. The molecule has 2 atom stereocenters. The number of ether oxygens (including phenoxy) is 2. The standard InChI is InChI=1S/C14H14N2O5/c1-16-11(17)7-21-13(14(18)19)12(16)8-3-4-10(20-2)9(5-8)6-15/h3-5,12-13H,7H2,1-2H3,(H,18,19). The fourth-order valence-electron chi connectivity index (χ4n) is 2.31. The first-order valence-electron chi connectivity index (χ1n) is 6.17. The van der Waals surface area contributed by atoms with Crippen molar-refractivity contribution in [3.63, 3.8) is 0 Å². The first kappa shape index (κ1) is 14.8. The number of carbonyl (C=O) groups is 2. The van der Waals surface area contributed by atoms with Gasteiger partial charge in [-0.1, -0.05) is 6.07 Å². The van der Waals surface area contributed by atoms with Gasteiger partial charge in [-0.15, -0.1) is 0 Å². The molecule has 1 aromatic carbocycles. The lowest BCUT2D eigenvalue weighted by molar-refractivity contribution is -0.171. The van der Waals surface area contributed by atoms with Gasteiger partial charge in [0.05, 0.1) is 18.7 Å². The van der Waals surface area contributed by atoms with E-state index in [-0.39, 0.29) is 18.1 Å². The van der Waals surface area contributed by atoms with E-state index >= 15 is 0 Å². The summed E-state index contributed by atoms with van der Waals surface area (Å²) in [6, 6.07) is 5.89. The molecule has 1 saturated heterocycles. The van der Waals surface area contributed by atoms with Gasteiger partial charge in [-0.2, -0.15) is 5.26 Å². The molecule has 110 valence electrons. The molecule has 1 heterocycles. The molecule has 0 saturated carbocycles. The average molecular weight is 290 g/mol. The van der Waals surface area contributed by atoms with Gasteiger partial charge in [0.15, 0.2) is 6.10 Å². The van der Waals surface area contributed by atoms with E-state index in [0.717, 1.165) is 0 Å². The number of nitrogens with zero attached hydrogens (tertiary/aromatic N) is 2. The van der Waals surface area contributed by atoms with E-state index in [1.165, 1.54) is 25.1 Å². The minimum atomic E-state index is -1.17. The van der Waals surface area contributed by atoms with E-state index in [4.69, 9.17) is 14.7 Å². The fourth-order valence-corrected chi connectivity index (χ4v) is 2.31. The third kappa shape index (κ3) is 2.66. The number of hydrogen-bond donors (Lipinski definition) is 1.